The van der Waals surface area contributed by atoms with Gasteiger partial charge in [0.2, 0.25) is 0 Å². The van der Waals surface area contributed by atoms with Crippen LogP contribution >= 0.6 is 0 Å². The SMILES string of the molecule is CCCCCCCCCCCCCCCCOC(=O)c1cccc(C(=O)OCCCCCCCCCCCCCCCC)c1. The van der Waals surface area contributed by atoms with Gasteiger partial charge < -0.3 is 9.47 Å². The molecule has 4 heteroatoms. The smallest absolute Gasteiger partial charge is 0.338 e. The molecule has 1 aromatic rings. The first-order valence-corrected chi connectivity index (χ1v) is 19.1. The molecule has 0 aliphatic rings. The maximum absolute atomic E-state index is 12.5. The number of esters is 2. The topological polar surface area (TPSA) is 52.6 Å². The summed E-state index contributed by atoms with van der Waals surface area (Å²) in [7, 11) is 0. The molecule has 0 fully saturated rings. The largest absolute Gasteiger partial charge is 0.462 e. The zero-order valence-electron chi connectivity index (χ0n) is 29.2. The number of carbonyl (C=O) groups excluding carboxylic acids is 2. The van der Waals surface area contributed by atoms with Crippen LogP contribution in [0.3, 0.4) is 0 Å². The lowest BCUT2D eigenvalue weighted by Crippen LogP contribution is -2.10. The van der Waals surface area contributed by atoms with Gasteiger partial charge in [0.25, 0.3) is 0 Å². The Morgan fingerprint density at radius 2 is 0.659 bits per heavy atom. The van der Waals surface area contributed by atoms with Gasteiger partial charge in [-0.3, -0.25) is 0 Å². The van der Waals surface area contributed by atoms with E-state index in [0.29, 0.717) is 24.3 Å². The monoisotopic (exact) mass is 615 g/mol. The molecule has 0 aromatic heterocycles. The van der Waals surface area contributed by atoms with E-state index in [1.54, 1.807) is 24.3 Å². The number of hydrogen-bond donors (Lipinski definition) is 0. The van der Waals surface area contributed by atoms with Crippen LogP contribution in [0.1, 0.15) is 214 Å². The first-order valence-electron chi connectivity index (χ1n) is 19.1. The van der Waals surface area contributed by atoms with Crippen molar-refractivity contribution in [3.63, 3.8) is 0 Å². The summed E-state index contributed by atoms with van der Waals surface area (Å²) in [6, 6.07) is 6.74. The van der Waals surface area contributed by atoms with Crippen molar-refractivity contribution in [2.75, 3.05) is 13.2 Å². The highest BCUT2D eigenvalue weighted by molar-refractivity contribution is 5.95. The molecular weight excluding hydrogens is 544 g/mol. The molecule has 0 saturated heterocycles. The summed E-state index contributed by atoms with van der Waals surface area (Å²) >= 11 is 0. The Morgan fingerprint density at radius 3 is 0.932 bits per heavy atom. The van der Waals surface area contributed by atoms with Gasteiger partial charge >= 0.3 is 11.9 Å². The van der Waals surface area contributed by atoms with Gasteiger partial charge in [0.05, 0.1) is 24.3 Å². The minimum atomic E-state index is -0.360. The van der Waals surface area contributed by atoms with E-state index in [1.165, 1.54) is 154 Å². The predicted molar refractivity (Wildman–Crippen MR) is 188 cm³/mol. The quantitative estimate of drug-likeness (QED) is 0.0598. The number of rotatable bonds is 32. The van der Waals surface area contributed by atoms with E-state index in [2.05, 4.69) is 13.8 Å². The highest BCUT2D eigenvalue weighted by Gasteiger charge is 2.12. The van der Waals surface area contributed by atoms with E-state index in [1.807, 2.05) is 0 Å². The third kappa shape index (κ3) is 24.5. The summed E-state index contributed by atoms with van der Waals surface area (Å²) in [6.45, 7) is 5.42. The lowest BCUT2D eigenvalue weighted by Gasteiger charge is -2.08. The van der Waals surface area contributed by atoms with E-state index >= 15 is 0 Å². The zero-order chi connectivity index (χ0) is 31.8. The minimum Gasteiger partial charge on any atom is -0.462 e. The molecule has 0 aliphatic carbocycles. The molecular formula is C40H70O4. The second kappa shape index (κ2) is 31.2. The van der Waals surface area contributed by atoms with E-state index in [4.69, 9.17) is 9.47 Å². The van der Waals surface area contributed by atoms with Crippen LogP contribution in [0.15, 0.2) is 24.3 Å². The fourth-order valence-electron chi connectivity index (χ4n) is 5.86. The number of benzene rings is 1. The molecule has 0 aliphatic heterocycles. The van der Waals surface area contributed by atoms with Crippen molar-refractivity contribution in [2.45, 2.75) is 194 Å². The fourth-order valence-corrected chi connectivity index (χ4v) is 5.86. The second-order valence-electron chi connectivity index (χ2n) is 13.0. The maximum atomic E-state index is 12.5. The van der Waals surface area contributed by atoms with Gasteiger partial charge in [-0.25, -0.2) is 9.59 Å². The van der Waals surface area contributed by atoms with E-state index in [9.17, 15) is 9.59 Å². The molecule has 0 radical (unpaired) electrons. The first kappa shape index (κ1) is 40.2. The van der Waals surface area contributed by atoms with Crippen molar-refractivity contribution in [3.8, 4) is 0 Å². The Balaban J connectivity index is 1.99. The summed E-state index contributed by atoms with van der Waals surface area (Å²) in [5, 5.41) is 0. The van der Waals surface area contributed by atoms with E-state index in [-0.39, 0.29) is 11.9 Å². The van der Waals surface area contributed by atoms with Crippen LogP contribution in [-0.4, -0.2) is 25.2 Å². The van der Waals surface area contributed by atoms with Crippen molar-refractivity contribution in [1.82, 2.24) is 0 Å². The molecule has 0 heterocycles. The molecule has 0 unspecified atom stereocenters. The van der Waals surface area contributed by atoms with Gasteiger partial charge in [-0.2, -0.15) is 0 Å². The lowest BCUT2D eigenvalue weighted by atomic mass is 10.0. The zero-order valence-corrected chi connectivity index (χ0v) is 29.2. The van der Waals surface area contributed by atoms with Gasteiger partial charge in [0.15, 0.2) is 0 Å². The van der Waals surface area contributed by atoms with Gasteiger partial charge in [-0.05, 0) is 31.0 Å². The third-order valence-electron chi connectivity index (χ3n) is 8.80. The molecule has 4 nitrogen and oxygen atoms in total. The van der Waals surface area contributed by atoms with Crippen molar-refractivity contribution < 1.29 is 19.1 Å². The maximum Gasteiger partial charge on any atom is 0.338 e. The molecule has 1 aromatic carbocycles. The van der Waals surface area contributed by atoms with Gasteiger partial charge in [-0.15, -0.1) is 0 Å². The average molecular weight is 615 g/mol. The summed E-state index contributed by atoms with van der Waals surface area (Å²) in [4.78, 5) is 25.0. The molecule has 254 valence electrons. The number of unbranched alkanes of at least 4 members (excludes halogenated alkanes) is 26. The molecule has 0 atom stereocenters. The summed E-state index contributed by atoms with van der Waals surface area (Å²) in [5.41, 5.74) is 0.836. The van der Waals surface area contributed by atoms with Crippen LogP contribution in [0.2, 0.25) is 0 Å². The summed E-state index contributed by atoms with van der Waals surface area (Å²) in [6.07, 6.45) is 36.5. The van der Waals surface area contributed by atoms with Crippen LogP contribution in [0.25, 0.3) is 0 Å². The number of hydrogen-bond acceptors (Lipinski definition) is 4. The molecule has 0 bridgehead atoms. The van der Waals surface area contributed by atoms with E-state index in [0.717, 1.165) is 25.7 Å². The minimum absolute atomic E-state index is 0.360. The highest BCUT2D eigenvalue weighted by atomic mass is 16.5. The third-order valence-corrected chi connectivity index (χ3v) is 8.80. The molecule has 1 rings (SSSR count). The standard InChI is InChI=1S/C40H70O4/c1-3-5-7-9-11-13-15-17-19-21-23-25-27-29-34-43-39(41)37-32-31-33-38(36-37)40(42)44-35-30-28-26-24-22-20-18-16-14-12-10-8-6-4-2/h31-33,36H,3-30,34-35H2,1-2H3. The highest BCUT2D eigenvalue weighted by Crippen LogP contribution is 2.15. The average Bonchev–Trinajstić information content (AvgIpc) is 3.04. The van der Waals surface area contributed by atoms with E-state index < -0.39 is 0 Å². The Morgan fingerprint density at radius 1 is 0.409 bits per heavy atom. The van der Waals surface area contributed by atoms with Crippen LogP contribution < -0.4 is 0 Å². The van der Waals surface area contributed by atoms with Gasteiger partial charge in [0.1, 0.15) is 0 Å². The van der Waals surface area contributed by atoms with Crippen molar-refractivity contribution in [2.24, 2.45) is 0 Å². The summed E-state index contributed by atoms with van der Waals surface area (Å²) in [5.74, 6) is -0.720. The fraction of sp³-hybridized carbons (Fsp3) is 0.800. The van der Waals surface area contributed by atoms with Crippen molar-refractivity contribution in [1.29, 1.82) is 0 Å². The number of carbonyl (C=O) groups is 2. The molecule has 44 heavy (non-hydrogen) atoms. The second-order valence-corrected chi connectivity index (χ2v) is 13.0. The first-order chi connectivity index (χ1) is 21.7. The lowest BCUT2D eigenvalue weighted by molar-refractivity contribution is 0.0496. The normalized spacial score (nSPS) is 11.1. The molecule has 0 spiro atoms. The Labute approximate surface area is 272 Å². The molecule has 0 saturated carbocycles. The van der Waals surface area contributed by atoms with Gasteiger partial charge in [0, 0.05) is 0 Å². The van der Waals surface area contributed by atoms with Crippen molar-refractivity contribution in [3.05, 3.63) is 35.4 Å². The van der Waals surface area contributed by atoms with Crippen LogP contribution in [0.4, 0.5) is 0 Å². The van der Waals surface area contributed by atoms with Crippen LogP contribution in [0.5, 0.6) is 0 Å². The molecule has 0 N–H and O–H groups in total. The Bertz CT molecular complexity index is 728. The molecule has 0 amide bonds. The number of ether oxygens (including phenoxy) is 2. The van der Waals surface area contributed by atoms with Crippen LogP contribution in [0, 0.1) is 0 Å². The van der Waals surface area contributed by atoms with Crippen molar-refractivity contribution >= 4 is 11.9 Å². The van der Waals surface area contributed by atoms with Crippen LogP contribution in [-0.2, 0) is 9.47 Å². The predicted octanol–water partition coefficient (Wildman–Crippen LogP) is 13.0. The Kier molecular flexibility index (Phi) is 28.5. The van der Waals surface area contributed by atoms with Gasteiger partial charge in [-0.1, -0.05) is 187 Å². The Hall–Kier alpha value is -1.84. The summed E-state index contributed by atoms with van der Waals surface area (Å²) < 4.78 is 10.9.